The minimum atomic E-state index is -0.740. The third-order valence-corrected chi connectivity index (χ3v) is 2.34. The van der Waals surface area contributed by atoms with E-state index in [1.807, 2.05) is 19.1 Å². The van der Waals surface area contributed by atoms with Crippen LogP contribution >= 0.6 is 0 Å². The number of carbonyl (C=O) groups is 1. The fourth-order valence-corrected chi connectivity index (χ4v) is 1.66. The maximum atomic E-state index is 11.7. The SMILES string of the molecule is CCO[C@@H]1C=CC[C@H]1N(O)C(=O)OC(C)(C)C. The maximum Gasteiger partial charge on any atom is 0.434 e. The molecule has 0 aromatic heterocycles. The molecule has 98 valence electrons. The van der Waals surface area contributed by atoms with Gasteiger partial charge in [0.25, 0.3) is 0 Å². The molecule has 1 aliphatic rings. The minimum absolute atomic E-state index is 0.266. The van der Waals surface area contributed by atoms with E-state index in [9.17, 15) is 10.0 Å². The predicted molar refractivity (Wildman–Crippen MR) is 62.8 cm³/mol. The third kappa shape index (κ3) is 4.02. The first kappa shape index (κ1) is 14.0. The van der Waals surface area contributed by atoms with Crippen molar-refractivity contribution < 1.29 is 19.5 Å². The highest BCUT2D eigenvalue weighted by atomic mass is 16.6. The molecule has 2 atom stereocenters. The van der Waals surface area contributed by atoms with E-state index in [0.717, 1.165) is 0 Å². The summed E-state index contributed by atoms with van der Waals surface area (Å²) in [5.41, 5.74) is -0.620. The van der Waals surface area contributed by atoms with E-state index < -0.39 is 17.7 Å². The van der Waals surface area contributed by atoms with Gasteiger partial charge < -0.3 is 9.47 Å². The molecule has 1 rings (SSSR count). The second-order valence-corrected chi connectivity index (χ2v) is 4.98. The largest absolute Gasteiger partial charge is 0.442 e. The maximum absolute atomic E-state index is 11.7. The van der Waals surface area contributed by atoms with Gasteiger partial charge in [0.15, 0.2) is 0 Å². The van der Waals surface area contributed by atoms with Crippen LogP contribution in [0, 0.1) is 0 Å². The molecule has 0 fully saturated rings. The van der Waals surface area contributed by atoms with E-state index in [0.29, 0.717) is 18.1 Å². The van der Waals surface area contributed by atoms with Gasteiger partial charge in [-0.05, 0) is 34.1 Å². The van der Waals surface area contributed by atoms with Crippen LogP contribution in [0.3, 0.4) is 0 Å². The van der Waals surface area contributed by atoms with E-state index >= 15 is 0 Å². The van der Waals surface area contributed by atoms with Crippen molar-refractivity contribution in [2.45, 2.75) is 51.9 Å². The van der Waals surface area contributed by atoms with Gasteiger partial charge in [0.2, 0.25) is 0 Å². The van der Waals surface area contributed by atoms with Gasteiger partial charge in [-0.1, -0.05) is 12.2 Å². The number of ether oxygens (including phenoxy) is 2. The number of amides is 1. The minimum Gasteiger partial charge on any atom is -0.442 e. The van der Waals surface area contributed by atoms with Crippen LogP contribution < -0.4 is 0 Å². The van der Waals surface area contributed by atoms with Crippen LogP contribution in [0.15, 0.2) is 12.2 Å². The van der Waals surface area contributed by atoms with Gasteiger partial charge in [0.1, 0.15) is 5.60 Å². The Morgan fingerprint density at radius 3 is 2.71 bits per heavy atom. The van der Waals surface area contributed by atoms with Crippen molar-refractivity contribution in [3.8, 4) is 0 Å². The number of nitrogens with zero attached hydrogens (tertiary/aromatic N) is 1. The first-order valence-corrected chi connectivity index (χ1v) is 5.84. The Morgan fingerprint density at radius 1 is 1.53 bits per heavy atom. The molecule has 1 N–H and O–H groups in total. The first-order valence-electron chi connectivity index (χ1n) is 5.84. The van der Waals surface area contributed by atoms with E-state index in [-0.39, 0.29) is 6.10 Å². The van der Waals surface area contributed by atoms with Gasteiger partial charge in [-0.2, -0.15) is 5.06 Å². The Hall–Kier alpha value is -1.07. The molecule has 1 amide bonds. The summed E-state index contributed by atoms with van der Waals surface area (Å²) in [4.78, 5) is 11.7. The molecule has 1 aliphatic carbocycles. The number of carbonyl (C=O) groups excluding carboxylic acids is 1. The van der Waals surface area contributed by atoms with E-state index in [1.165, 1.54) is 0 Å². The molecule has 5 nitrogen and oxygen atoms in total. The molecule has 17 heavy (non-hydrogen) atoms. The Balaban J connectivity index is 2.57. The zero-order valence-electron chi connectivity index (χ0n) is 10.8. The molecule has 0 aliphatic heterocycles. The van der Waals surface area contributed by atoms with Crippen molar-refractivity contribution in [2.75, 3.05) is 6.61 Å². The molecule has 5 heteroatoms. The van der Waals surface area contributed by atoms with Gasteiger partial charge in [-0.3, -0.25) is 5.21 Å². The van der Waals surface area contributed by atoms with Gasteiger partial charge in [0, 0.05) is 6.61 Å². The highest BCUT2D eigenvalue weighted by molar-refractivity contribution is 5.67. The average molecular weight is 243 g/mol. The lowest BCUT2D eigenvalue weighted by Gasteiger charge is -2.29. The van der Waals surface area contributed by atoms with Gasteiger partial charge >= 0.3 is 6.09 Å². The number of hydrogen-bond donors (Lipinski definition) is 1. The number of hydrogen-bond acceptors (Lipinski definition) is 4. The Morgan fingerprint density at radius 2 is 2.18 bits per heavy atom. The highest BCUT2D eigenvalue weighted by Gasteiger charge is 2.34. The molecule has 0 saturated heterocycles. The zero-order chi connectivity index (χ0) is 13.1. The van der Waals surface area contributed by atoms with Crippen LogP contribution in [0.2, 0.25) is 0 Å². The fraction of sp³-hybridized carbons (Fsp3) is 0.750. The molecular weight excluding hydrogens is 222 g/mol. The fourth-order valence-electron chi connectivity index (χ4n) is 1.66. The predicted octanol–water partition coefficient (Wildman–Crippen LogP) is 2.35. The molecule has 0 radical (unpaired) electrons. The Bertz CT molecular complexity index is 295. The van der Waals surface area contributed by atoms with Crippen LogP contribution in [0.5, 0.6) is 0 Å². The monoisotopic (exact) mass is 243 g/mol. The lowest BCUT2D eigenvalue weighted by Crippen LogP contribution is -2.45. The molecule has 0 spiro atoms. The molecular formula is C12H21NO4. The first-order chi connectivity index (χ1) is 7.85. The Labute approximate surface area is 102 Å². The molecule has 0 aromatic carbocycles. The van der Waals surface area contributed by atoms with E-state index in [2.05, 4.69) is 0 Å². The lowest BCUT2D eigenvalue weighted by atomic mass is 10.2. The van der Waals surface area contributed by atoms with E-state index in [1.54, 1.807) is 20.8 Å². The van der Waals surface area contributed by atoms with Crippen molar-refractivity contribution in [1.82, 2.24) is 5.06 Å². The molecule has 0 aromatic rings. The van der Waals surface area contributed by atoms with Crippen molar-refractivity contribution in [1.29, 1.82) is 0 Å². The Kier molecular flexibility index (Phi) is 4.54. The van der Waals surface area contributed by atoms with Gasteiger partial charge in [0.05, 0.1) is 12.1 Å². The van der Waals surface area contributed by atoms with E-state index in [4.69, 9.17) is 9.47 Å². The van der Waals surface area contributed by atoms with Crippen LogP contribution in [0.25, 0.3) is 0 Å². The van der Waals surface area contributed by atoms with Gasteiger partial charge in [-0.25, -0.2) is 4.79 Å². The summed E-state index contributed by atoms with van der Waals surface area (Å²) in [7, 11) is 0. The third-order valence-electron chi connectivity index (χ3n) is 2.34. The van der Waals surface area contributed by atoms with Crippen LogP contribution in [-0.4, -0.2) is 40.7 Å². The summed E-state index contributed by atoms with van der Waals surface area (Å²) in [6, 6.07) is -0.398. The smallest absolute Gasteiger partial charge is 0.434 e. The number of rotatable bonds is 3. The lowest BCUT2D eigenvalue weighted by molar-refractivity contribution is -0.140. The highest BCUT2D eigenvalue weighted by Crippen LogP contribution is 2.21. The summed E-state index contributed by atoms with van der Waals surface area (Å²) in [6.07, 6.45) is 3.30. The van der Waals surface area contributed by atoms with Crippen molar-refractivity contribution in [2.24, 2.45) is 0 Å². The summed E-state index contributed by atoms with van der Waals surface area (Å²) < 4.78 is 10.5. The normalized spacial score (nSPS) is 23.8. The van der Waals surface area contributed by atoms with Crippen LogP contribution in [0.4, 0.5) is 4.79 Å². The van der Waals surface area contributed by atoms with Crippen molar-refractivity contribution in [3.63, 3.8) is 0 Å². The summed E-state index contributed by atoms with van der Waals surface area (Å²) >= 11 is 0. The summed E-state index contributed by atoms with van der Waals surface area (Å²) in [5.74, 6) is 0. The molecule has 0 unspecified atom stereocenters. The number of hydroxylamine groups is 2. The zero-order valence-corrected chi connectivity index (χ0v) is 10.8. The molecule has 0 bridgehead atoms. The van der Waals surface area contributed by atoms with Crippen molar-refractivity contribution >= 4 is 6.09 Å². The van der Waals surface area contributed by atoms with Crippen LogP contribution in [0.1, 0.15) is 34.1 Å². The topological polar surface area (TPSA) is 59.0 Å². The summed E-state index contributed by atoms with van der Waals surface area (Å²) in [6.45, 7) is 7.68. The quantitative estimate of drug-likeness (QED) is 0.469. The molecule has 0 heterocycles. The van der Waals surface area contributed by atoms with Crippen LogP contribution in [-0.2, 0) is 9.47 Å². The second kappa shape index (κ2) is 5.51. The summed E-state index contributed by atoms with van der Waals surface area (Å²) in [5, 5.41) is 10.4. The van der Waals surface area contributed by atoms with Gasteiger partial charge in [-0.15, -0.1) is 0 Å². The van der Waals surface area contributed by atoms with Crippen molar-refractivity contribution in [3.05, 3.63) is 12.2 Å². The standard InChI is InChI=1S/C12H21NO4/c1-5-16-10-8-6-7-9(10)13(15)11(14)17-12(2,3)4/h6,8-10,15H,5,7H2,1-4H3/t9-,10-/m1/s1. The second-order valence-electron chi connectivity index (χ2n) is 4.98. The average Bonchev–Trinajstić information content (AvgIpc) is 2.62. The molecule has 0 saturated carbocycles.